The topological polar surface area (TPSA) is 59.8 Å². The van der Waals surface area contributed by atoms with Crippen LogP contribution >= 0.6 is 11.8 Å². The van der Waals surface area contributed by atoms with Gasteiger partial charge in [-0.2, -0.15) is 0 Å². The van der Waals surface area contributed by atoms with E-state index in [1.54, 1.807) is 11.8 Å². The van der Waals surface area contributed by atoms with Crippen LogP contribution in [-0.4, -0.2) is 26.4 Å². The third kappa shape index (κ3) is 3.41. The summed E-state index contributed by atoms with van der Waals surface area (Å²) in [5.74, 6) is 4.58. The van der Waals surface area contributed by atoms with Gasteiger partial charge in [0.05, 0.1) is 6.54 Å². The van der Waals surface area contributed by atoms with Crippen molar-refractivity contribution in [2.24, 2.45) is 23.2 Å². The van der Waals surface area contributed by atoms with Crippen molar-refractivity contribution in [1.82, 2.24) is 20.1 Å². The third-order valence-corrected chi connectivity index (χ3v) is 7.58. The van der Waals surface area contributed by atoms with Crippen LogP contribution < -0.4 is 5.32 Å². The fourth-order valence-electron chi connectivity index (χ4n) is 5.96. The monoisotopic (exact) mass is 376 g/mol. The minimum Gasteiger partial charge on any atom is -0.348 e. The summed E-state index contributed by atoms with van der Waals surface area (Å²) in [4.78, 5) is 13.2. The molecule has 1 amide bonds. The van der Waals surface area contributed by atoms with E-state index in [2.05, 4.69) is 33.9 Å². The Hall–Kier alpha value is -1.04. The lowest BCUT2D eigenvalue weighted by Crippen LogP contribution is -2.53. The van der Waals surface area contributed by atoms with Crippen LogP contribution in [0.4, 0.5) is 0 Å². The molecule has 144 valence electrons. The molecule has 4 aliphatic carbocycles. The van der Waals surface area contributed by atoms with Gasteiger partial charge in [0.15, 0.2) is 11.0 Å². The average Bonchev–Trinajstić information content (AvgIpc) is 2.98. The highest BCUT2D eigenvalue weighted by atomic mass is 32.2. The van der Waals surface area contributed by atoms with E-state index in [0.29, 0.717) is 6.54 Å². The molecule has 4 bridgehead atoms. The first-order chi connectivity index (χ1) is 12.6. The maximum atomic E-state index is 13.2. The number of unbranched alkanes of at least 4 members (excludes halogenated alkanes) is 1. The Balaban J connectivity index is 1.43. The molecule has 0 atom stereocenters. The average molecular weight is 377 g/mol. The number of nitrogens with zero attached hydrogens (tertiary/aromatic N) is 3. The summed E-state index contributed by atoms with van der Waals surface area (Å²) in [5, 5.41) is 13.0. The molecule has 26 heavy (non-hydrogen) atoms. The number of nitrogens with one attached hydrogen (secondary N) is 1. The van der Waals surface area contributed by atoms with Gasteiger partial charge in [-0.1, -0.05) is 32.0 Å². The van der Waals surface area contributed by atoms with Crippen molar-refractivity contribution in [3.63, 3.8) is 0 Å². The highest BCUT2D eigenvalue weighted by molar-refractivity contribution is 7.99. The molecule has 1 heterocycles. The number of aromatic nitrogens is 3. The molecule has 0 unspecified atom stereocenters. The van der Waals surface area contributed by atoms with E-state index in [1.807, 2.05) is 0 Å². The normalized spacial score (nSPS) is 32.2. The van der Waals surface area contributed by atoms with Gasteiger partial charge in [-0.15, -0.1) is 10.2 Å². The summed E-state index contributed by atoms with van der Waals surface area (Å²) >= 11 is 1.73. The van der Waals surface area contributed by atoms with Crippen molar-refractivity contribution in [2.45, 2.75) is 83.5 Å². The second-order valence-electron chi connectivity index (χ2n) is 8.72. The van der Waals surface area contributed by atoms with E-state index >= 15 is 0 Å². The quantitative estimate of drug-likeness (QED) is 0.696. The number of carbonyl (C=O) groups excluding carboxylic acids is 1. The van der Waals surface area contributed by atoms with Gasteiger partial charge in [-0.3, -0.25) is 4.79 Å². The number of rotatable bonds is 8. The highest BCUT2D eigenvalue weighted by Gasteiger charge is 2.54. The molecule has 0 radical (unpaired) electrons. The van der Waals surface area contributed by atoms with E-state index in [9.17, 15) is 4.79 Å². The molecule has 4 fully saturated rings. The zero-order chi connectivity index (χ0) is 18.1. The lowest BCUT2D eigenvalue weighted by Gasteiger charge is -2.55. The standard InChI is InChI=1S/C20H32N4OS/c1-3-5-6-24-17(22-23-19(24)26-4-2)13-21-18(25)20-10-14-7-15(11-20)9-16(8-14)12-20/h14-16H,3-13H2,1-2H3,(H,21,25). The highest BCUT2D eigenvalue weighted by Crippen LogP contribution is 2.60. The summed E-state index contributed by atoms with van der Waals surface area (Å²) in [6.45, 7) is 5.79. The van der Waals surface area contributed by atoms with Crippen molar-refractivity contribution in [2.75, 3.05) is 5.75 Å². The van der Waals surface area contributed by atoms with Gasteiger partial charge in [0.2, 0.25) is 5.91 Å². The molecule has 6 heteroatoms. The van der Waals surface area contributed by atoms with Crippen molar-refractivity contribution in [3.05, 3.63) is 5.82 Å². The largest absolute Gasteiger partial charge is 0.348 e. The fourth-order valence-corrected chi connectivity index (χ4v) is 6.67. The molecular formula is C20H32N4OS. The number of thioether (sulfide) groups is 1. The fraction of sp³-hybridized carbons (Fsp3) is 0.850. The van der Waals surface area contributed by atoms with Gasteiger partial charge in [0, 0.05) is 12.0 Å². The first kappa shape index (κ1) is 18.3. The number of hydrogen-bond donors (Lipinski definition) is 1. The molecule has 1 N–H and O–H groups in total. The summed E-state index contributed by atoms with van der Waals surface area (Å²) in [5.41, 5.74) is -0.0793. The Labute approximate surface area is 161 Å². The van der Waals surface area contributed by atoms with Crippen LogP contribution in [0.15, 0.2) is 5.16 Å². The smallest absolute Gasteiger partial charge is 0.226 e. The predicted octanol–water partition coefficient (Wildman–Crippen LogP) is 4.02. The minimum absolute atomic E-state index is 0.0793. The predicted molar refractivity (Wildman–Crippen MR) is 104 cm³/mol. The second kappa shape index (κ2) is 7.53. The van der Waals surface area contributed by atoms with Gasteiger partial charge in [-0.25, -0.2) is 0 Å². The summed E-state index contributed by atoms with van der Waals surface area (Å²) in [6, 6.07) is 0. The van der Waals surface area contributed by atoms with Crippen LogP contribution in [0.3, 0.4) is 0 Å². The number of amides is 1. The van der Waals surface area contributed by atoms with Crippen LogP contribution in [0, 0.1) is 23.2 Å². The molecule has 0 aromatic carbocycles. The van der Waals surface area contributed by atoms with Crippen molar-refractivity contribution < 1.29 is 4.79 Å². The first-order valence-electron chi connectivity index (χ1n) is 10.5. The maximum absolute atomic E-state index is 13.2. The summed E-state index contributed by atoms with van der Waals surface area (Å²) in [6.07, 6.45) is 9.72. The SMILES string of the molecule is CCCCn1c(CNC(=O)C23CC4CC(CC(C4)C2)C3)nnc1SCC. The molecule has 1 aromatic heterocycles. The third-order valence-electron chi connectivity index (χ3n) is 6.73. The van der Waals surface area contributed by atoms with Gasteiger partial charge >= 0.3 is 0 Å². The van der Waals surface area contributed by atoms with Crippen LogP contribution in [0.5, 0.6) is 0 Å². The number of hydrogen-bond acceptors (Lipinski definition) is 4. The Morgan fingerprint density at radius 3 is 2.38 bits per heavy atom. The van der Waals surface area contributed by atoms with Crippen LogP contribution in [0.1, 0.15) is 71.0 Å². The van der Waals surface area contributed by atoms with Crippen LogP contribution in [-0.2, 0) is 17.9 Å². The lowest BCUT2D eigenvalue weighted by molar-refractivity contribution is -0.146. The van der Waals surface area contributed by atoms with Gasteiger partial charge in [0.1, 0.15) is 0 Å². The molecule has 4 aliphatic rings. The van der Waals surface area contributed by atoms with Crippen LogP contribution in [0.25, 0.3) is 0 Å². The van der Waals surface area contributed by atoms with Crippen molar-refractivity contribution >= 4 is 17.7 Å². The van der Waals surface area contributed by atoms with Gasteiger partial charge in [-0.05, 0) is 68.5 Å². The minimum atomic E-state index is -0.0793. The Morgan fingerprint density at radius 1 is 1.15 bits per heavy atom. The van der Waals surface area contributed by atoms with Gasteiger partial charge in [0.25, 0.3) is 0 Å². The Kier molecular flexibility index (Phi) is 5.31. The van der Waals surface area contributed by atoms with E-state index < -0.39 is 0 Å². The zero-order valence-electron chi connectivity index (χ0n) is 16.2. The molecular weight excluding hydrogens is 344 g/mol. The van der Waals surface area contributed by atoms with E-state index in [-0.39, 0.29) is 11.3 Å². The maximum Gasteiger partial charge on any atom is 0.226 e. The molecule has 0 saturated heterocycles. The Bertz CT molecular complexity index is 621. The van der Waals surface area contributed by atoms with Crippen LogP contribution in [0.2, 0.25) is 0 Å². The van der Waals surface area contributed by atoms with Crippen molar-refractivity contribution in [1.29, 1.82) is 0 Å². The second-order valence-corrected chi connectivity index (χ2v) is 9.95. The zero-order valence-corrected chi connectivity index (χ0v) is 17.0. The molecule has 5 nitrogen and oxygen atoms in total. The van der Waals surface area contributed by atoms with Crippen molar-refractivity contribution in [3.8, 4) is 0 Å². The summed E-state index contributed by atoms with van der Waals surface area (Å²) < 4.78 is 2.21. The Morgan fingerprint density at radius 2 is 1.81 bits per heavy atom. The molecule has 1 aromatic rings. The number of carbonyl (C=O) groups is 1. The molecule has 5 rings (SSSR count). The first-order valence-corrected chi connectivity index (χ1v) is 11.4. The summed E-state index contributed by atoms with van der Waals surface area (Å²) in [7, 11) is 0. The van der Waals surface area contributed by atoms with E-state index in [0.717, 1.165) is 73.1 Å². The van der Waals surface area contributed by atoms with Gasteiger partial charge < -0.3 is 9.88 Å². The molecule has 4 saturated carbocycles. The van der Waals surface area contributed by atoms with E-state index in [1.165, 1.54) is 19.3 Å². The molecule has 0 aliphatic heterocycles. The molecule has 0 spiro atoms. The lowest BCUT2D eigenvalue weighted by atomic mass is 9.49. The van der Waals surface area contributed by atoms with E-state index in [4.69, 9.17) is 0 Å².